The van der Waals surface area contributed by atoms with Crippen LogP contribution in [0.1, 0.15) is 30.2 Å². The number of rotatable bonds is 8. The van der Waals surface area contributed by atoms with Crippen molar-refractivity contribution in [1.82, 2.24) is 10.6 Å². The first-order valence-electron chi connectivity index (χ1n) is 6.54. The van der Waals surface area contributed by atoms with E-state index < -0.39 is 23.9 Å². The molecule has 1 aromatic heterocycles. The first kappa shape index (κ1) is 17.0. The van der Waals surface area contributed by atoms with Crippen LogP contribution in [0.15, 0.2) is 11.4 Å². The van der Waals surface area contributed by atoms with Crippen LogP contribution in [-0.4, -0.2) is 29.1 Å². The van der Waals surface area contributed by atoms with E-state index >= 15 is 0 Å². The quantitative estimate of drug-likeness (QED) is 0.568. The van der Waals surface area contributed by atoms with Crippen molar-refractivity contribution in [3.63, 3.8) is 0 Å². The molecule has 0 aliphatic carbocycles. The minimum atomic E-state index is -1.20. The minimum Gasteiger partial charge on any atom is -0.480 e. The molecule has 0 aromatic carbocycles. The number of carboxylic acid groups (broad SMARTS) is 1. The number of thiophene rings is 1. The van der Waals surface area contributed by atoms with Crippen molar-refractivity contribution in [1.29, 1.82) is 0 Å². The van der Waals surface area contributed by atoms with Crippen LogP contribution in [-0.2, 0) is 22.6 Å². The van der Waals surface area contributed by atoms with Crippen molar-refractivity contribution >= 4 is 29.2 Å². The third-order valence-electron chi connectivity index (χ3n) is 2.91. The fourth-order valence-electron chi connectivity index (χ4n) is 1.75. The molecule has 1 rings (SSSR count). The predicted molar refractivity (Wildman–Crippen MR) is 78.9 cm³/mol. The van der Waals surface area contributed by atoms with Crippen molar-refractivity contribution in [2.45, 2.75) is 38.8 Å². The molecule has 0 fully saturated rings. The van der Waals surface area contributed by atoms with Crippen molar-refractivity contribution in [3.8, 4) is 0 Å². The molecule has 0 saturated carbocycles. The van der Waals surface area contributed by atoms with Crippen LogP contribution < -0.4 is 16.4 Å². The van der Waals surface area contributed by atoms with Gasteiger partial charge in [-0.2, -0.15) is 0 Å². The molecule has 21 heavy (non-hydrogen) atoms. The van der Waals surface area contributed by atoms with Crippen LogP contribution in [0.5, 0.6) is 0 Å². The number of carbonyl (C=O) groups excluding carboxylic acids is 2. The molecule has 5 N–H and O–H groups in total. The zero-order valence-electron chi connectivity index (χ0n) is 11.7. The van der Waals surface area contributed by atoms with E-state index in [9.17, 15) is 14.4 Å². The van der Waals surface area contributed by atoms with E-state index in [1.165, 1.54) is 11.3 Å². The van der Waals surface area contributed by atoms with Crippen LogP contribution in [0.3, 0.4) is 0 Å². The lowest BCUT2D eigenvalue weighted by Gasteiger charge is -2.14. The molecule has 7 nitrogen and oxygen atoms in total. The van der Waals surface area contributed by atoms with Gasteiger partial charge < -0.3 is 21.5 Å². The van der Waals surface area contributed by atoms with Crippen molar-refractivity contribution in [3.05, 3.63) is 21.9 Å². The van der Waals surface area contributed by atoms with E-state index in [0.717, 1.165) is 16.9 Å². The molecule has 0 spiro atoms. The number of hydrogen-bond donors (Lipinski definition) is 4. The summed E-state index contributed by atoms with van der Waals surface area (Å²) >= 11 is 1.54. The van der Waals surface area contributed by atoms with E-state index in [2.05, 4.69) is 10.6 Å². The largest absolute Gasteiger partial charge is 0.480 e. The van der Waals surface area contributed by atoms with Crippen LogP contribution in [0, 0.1) is 0 Å². The second-order valence-corrected chi connectivity index (χ2v) is 5.45. The molecule has 1 aromatic rings. The highest BCUT2D eigenvalue weighted by Gasteiger charge is 2.20. The summed E-state index contributed by atoms with van der Waals surface area (Å²) in [7, 11) is 0. The lowest BCUT2D eigenvalue weighted by molar-refractivity contribution is -0.139. The maximum absolute atomic E-state index is 11.7. The van der Waals surface area contributed by atoms with Gasteiger partial charge in [-0.05, 0) is 29.9 Å². The van der Waals surface area contributed by atoms with Crippen molar-refractivity contribution in [2.24, 2.45) is 5.73 Å². The van der Waals surface area contributed by atoms with Gasteiger partial charge in [0.1, 0.15) is 6.04 Å². The topological polar surface area (TPSA) is 122 Å². The monoisotopic (exact) mass is 313 g/mol. The van der Waals surface area contributed by atoms with E-state index in [1.807, 2.05) is 18.4 Å². The molecule has 0 radical (unpaired) electrons. The molecule has 0 unspecified atom stereocenters. The summed E-state index contributed by atoms with van der Waals surface area (Å²) < 4.78 is 0. The van der Waals surface area contributed by atoms with Crippen LogP contribution >= 0.6 is 11.3 Å². The number of aliphatic carboxylic acids is 1. The number of amides is 3. The summed E-state index contributed by atoms with van der Waals surface area (Å²) in [5, 5.41) is 15.9. The maximum atomic E-state index is 11.7. The summed E-state index contributed by atoms with van der Waals surface area (Å²) in [6.45, 7) is 2.37. The molecule has 0 aliphatic rings. The second kappa shape index (κ2) is 8.25. The molecular weight excluding hydrogens is 294 g/mol. The first-order chi connectivity index (χ1) is 9.93. The zero-order chi connectivity index (χ0) is 15.8. The van der Waals surface area contributed by atoms with Gasteiger partial charge in [-0.15, -0.1) is 11.3 Å². The molecule has 1 atom stereocenters. The molecule has 0 bridgehead atoms. The third kappa shape index (κ3) is 5.82. The summed E-state index contributed by atoms with van der Waals surface area (Å²) in [5.74, 6) is -1.80. The number of nitrogens with two attached hydrogens (primary N) is 1. The van der Waals surface area contributed by atoms with Gasteiger partial charge in [0.05, 0.1) is 6.54 Å². The zero-order valence-corrected chi connectivity index (χ0v) is 12.5. The highest BCUT2D eigenvalue weighted by atomic mass is 32.1. The lowest BCUT2D eigenvalue weighted by Crippen LogP contribution is -2.46. The fraction of sp³-hybridized carbons (Fsp3) is 0.462. The van der Waals surface area contributed by atoms with Crippen LogP contribution in [0.4, 0.5) is 4.79 Å². The normalized spacial score (nSPS) is 11.7. The molecule has 8 heteroatoms. The van der Waals surface area contributed by atoms with Gasteiger partial charge in [0.15, 0.2) is 0 Å². The Morgan fingerprint density at radius 3 is 2.71 bits per heavy atom. The van der Waals surface area contributed by atoms with Gasteiger partial charge in [0, 0.05) is 11.3 Å². The van der Waals surface area contributed by atoms with Gasteiger partial charge >= 0.3 is 12.0 Å². The maximum Gasteiger partial charge on any atom is 0.326 e. The van der Waals surface area contributed by atoms with Gasteiger partial charge in [-0.1, -0.05) is 6.92 Å². The van der Waals surface area contributed by atoms with E-state index in [4.69, 9.17) is 10.8 Å². The second-order valence-electron chi connectivity index (χ2n) is 4.45. The summed E-state index contributed by atoms with van der Waals surface area (Å²) in [4.78, 5) is 34.4. The van der Waals surface area contributed by atoms with E-state index in [0.29, 0.717) is 6.54 Å². The first-order valence-corrected chi connectivity index (χ1v) is 7.42. The molecule has 0 aliphatic heterocycles. The lowest BCUT2D eigenvalue weighted by atomic mass is 10.1. The van der Waals surface area contributed by atoms with Gasteiger partial charge in [0.2, 0.25) is 5.91 Å². The Bertz CT molecular complexity index is 515. The van der Waals surface area contributed by atoms with Crippen molar-refractivity contribution in [2.75, 3.05) is 0 Å². The van der Waals surface area contributed by atoms with E-state index in [-0.39, 0.29) is 12.8 Å². The highest BCUT2D eigenvalue weighted by molar-refractivity contribution is 7.10. The average Bonchev–Trinajstić information content (AvgIpc) is 2.88. The molecule has 116 valence electrons. The number of nitrogens with one attached hydrogen (secondary N) is 2. The standard InChI is InChI=1S/C13H19N3O4S/c1-2-8-5-6-21-10(8)7-15-13(20)16-9(12(18)19)3-4-11(14)17/h5-6,9H,2-4,7H2,1H3,(H2,14,17)(H,18,19)(H2,15,16,20)/t9-/m0/s1. The Morgan fingerprint density at radius 2 is 2.14 bits per heavy atom. The van der Waals surface area contributed by atoms with Gasteiger partial charge in [-0.3, -0.25) is 4.79 Å². The van der Waals surface area contributed by atoms with Crippen LogP contribution in [0.25, 0.3) is 0 Å². The Balaban J connectivity index is 2.46. The molecule has 0 saturated heterocycles. The van der Waals surface area contributed by atoms with Gasteiger partial charge in [-0.25, -0.2) is 9.59 Å². The number of primary amides is 1. The van der Waals surface area contributed by atoms with E-state index in [1.54, 1.807) is 0 Å². The molecular formula is C13H19N3O4S. The summed E-state index contributed by atoms with van der Waals surface area (Å²) in [6, 6.07) is 0.278. The fourth-order valence-corrected chi connectivity index (χ4v) is 2.67. The Kier molecular flexibility index (Phi) is 6.67. The predicted octanol–water partition coefficient (Wildman–Crippen LogP) is 0.828. The number of hydrogen-bond acceptors (Lipinski definition) is 4. The number of urea groups is 1. The van der Waals surface area contributed by atoms with Crippen LogP contribution in [0.2, 0.25) is 0 Å². The SMILES string of the molecule is CCc1ccsc1CNC(=O)N[C@@H](CCC(N)=O)C(=O)O. The summed E-state index contributed by atoms with van der Waals surface area (Å²) in [6.07, 6.45) is 0.748. The summed E-state index contributed by atoms with van der Waals surface area (Å²) in [5.41, 5.74) is 6.12. The third-order valence-corrected chi connectivity index (χ3v) is 3.87. The smallest absolute Gasteiger partial charge is 0.326 e. The Hall–Kier alpha value is -2.09. The Morgan fingerprint density at radius 1 is 1.43 bits per heavy atom. The number of carboxylic acids is 1. The Labute approximate surface area is 126 Å². The minimum absolute atomic E-state index is 0.0305. The number of aryl methyl sites for hydroxylation is 1. The molecule has 3 amide bonds. The number of carbonyl (C=O) groups is 3. The van der Waals surface area contributed by atoms with Crippen molar-refractivity contribution < 1.29 is 19.5 Å². The average molecular weight is 313 g/mol. The molecule has 1 heterocycles. The van der Waals surface area contributed by atoms with Gasteiger partial charge in [0.25, 0.3) is 0 Å². The highest BCUT2D eigenvalue weighted by Crippen LogP contribution is 2.16.